The summed E-state index contributed by atoms with van der Waals surface area (Å²) in [6.07, 6.45) is 5.03. The van der Waals surface area contributed by atoms with E-state index in [2.05, 4.69) is 15.2 Å². The minimum absolute atomic E-state index is 0. The van der Waals surface area contributed by atoms with Gasteiger partial charge in [-0.3, -0.25) is 19.5 Å². The molecule has 0 radical (unpaired) electrons. The van der Waals surface area contributed by atoms with Gasteiger partial charge in [0.2, 0.25) is 11.8 Å². The molecule has 0 aromatic carbocycles. The van der Waals surface area contributed by atoms with E-state index in [1.165, 1.54) is 4.90 Å². The Balaban J connectivity index is 0.00000338. The Labute approximate surface area is 173 Å². The Bertz CT molecular complexity index is 465. The number of carbonyl (C=O) groups excluding carboxylic acids is 2. The highest BCUT2D eigenvalue weighted by Crippen LogP contribution is 2.18. The largest absolute Gasteiger partial charge is 0.381 e. The number of guanidine groups is 1. The standard InChI is InChI=1S/C18H32N4O3.HI/c1-3-19-18(21(2)11-7-15-8-13-25-14-9-15)20-10-12-22-16(23)5-4-6-17(22)24;/h15H,3-14H2,1-2H3,(H,19,20);1H. The molecule has 1 N–H and O–H groups in total. The maximum Gasteiger partial charge on any atom is 0.229 e. The van der Waals surface area contributed by atoms with E-state index in [1.807, 2.05) is 14.0 Å². The maximum atomic E-state index is 11.8. The van der Waals surface area contributed by atoms with E-state index in [0.717, 1.165) is 57.4 Å². The molecule has 2 saturated heterocycles. The molecule has 0 aromatic rings. The zero-order valence-electron chi connectivity index (χ0n) is 16.0. The molecule has 0 aliphatic carbocycles. The van der Waals surface area contributed by atoms with Gasteiger partial charge in [-0.2, -0.15) is 0 Å². The van der Waals surface area contributed by atoms with Crippen LogP contribution < -0.4 is 5.32 Å². The van der Waals surface area contributed by atoms with Crippen molar-refractivity contribution in [2.45, 2.75) is 45.4 Å². The monoisotopic (exact) mass is 480 g/mol. The summed E-state index contributed by atoms with van der Waals surface area (Å²) in [5.74, 6) is 1.43. The molecule has 0 saturated carbocycles. The van der Waals surface area contributed by atoms with Crippen LogP contribution in [0.4, 0.5) is 0 Å². The zero-order chi connectivity index (χ0) is 18.1. The van der Waals surface area contributed by atoms with Crippen molar-refractivity contribution in [3.05, 3.63) is 0 Å². The normalized spacial score (nSPS) is 19.3. The molecule has 0 aromatic heterocycles. The molecule has 0 spiro atoms. The summed E-state index contributed by atoms with van der Waals surface area (Å²) in [6.45, 7) is 6.35. The van der Waals surface area contributed by atoms with Crippen molar-refractivity contribution in [2.24, 2.45) is 10.9 Å². The third-order valence-electron chi connectivity index (χ3n) is 4.88. The number of hydrogen-bond acceptors (Lipinski definition) is 4. The van der Waals surface area contributed by atoms with Crippen molar-refractivity contribution in [3.63, 3.8) is 0 Å². The molecule has 2 amide bonds. The Kier molecular flexibility index (Phi) is 11.1. The second kappa shape index (κ2) is 12.5. The average Bonchev–Trinajstić information content (AvgIpc) is 2.62. The molecule has 0 unspecified atom stereocenters. The Hall–Kier alpha value is -0.900. The fourth-order valence-electron chi connectivity index (χ4n) is 3.29. The number of piperidine rings is 1. The third-order valence-corrected chi connectivity index (χ3v) is 4.88. The predicted octanol–water partition coefficient (Wildman–Crippen LogP) is 1.86. The van der Waals surface area contributed by atoms with Gasteiger partial charge in [-0.15, -0.1) is 24.0 Å². The second-order valence-corrected chi connectivity index (χ2v) is 6.79. The van der Waals surface area contributed by atoms with Gasteiger partial charge in [0.05, 0.1) is 6.54 Å². The number of rotatable bonds is 7. The van der Waals surface area contributed by atoms with E-state index in [-0.39, 0.29) is 35.8 Å². The number of hydrogen-bond donors (Lipinski definition) is 1. The molecule has 2 aliphatic heterocycles. The number of imide groups is 1. The van der Waals surface area contributed by atoms with Crippen LogP contribution in [0, 0.1) is 5.92 Å². The van der Waals surface area contributed by atoms with E-state index in [9.17, 15) is 9.59 Å². The van der Waals surface area contributed by atoms with Crippen LogP contribution in [0.1, 0.15) is 45.4 Å². The molecule has 8 heteroatoms. The predicted molar refractivity (Wildman–Crippen MR) is 113 cm³/mol. The third kappa shape index (κ3) is 7.38. The van der Waals surface area contributed by atoms with Gasteiger partial charge in [-0.1, -0.05) is 0 Å². The Morgan fingerprint density at radius 3 is 2.54 bits per heavy atom. The lowest BCUT2D eigenvalue weighted by Gasteiger charge is -2.27. The Morgan fingerprint density at radius 2 is 1.92 bits per heavy atom. The summed E-state index contributed by atoms with van der Waals surface area (Å²) in [7, 11) is 2.04. The summed E-state index contributed by atoms with van der Waals surface area (Å²) in [4.78, 5) is 31.8. The molecule has 26 heavy (non-hydrogen) atoms. The first-order chi connectivity index (χ1) is 12.1. The molecule has 0 bridgehead atoms. The van der Waals surface area contributed by atoms with Gasteiger partial charge in [-0.25, -0.2) is 0 Å². The molecule has 150 valence electrons. The van der Waals surface area contributed by atoms with Gasteiger partial charge in [-0.05, 0) is 38.5 Å². The van der Waals surface area contributed by atoms with E-state index >= 15 is 0 Å². The number of carbonyl (C=O) groups is 2. The first-order valence-corrected chi connectivity index (χ1v) is 9.52. The van der Waals surface area contributed by atoms with Crippen LogP contribution in [0.5, 0.6) is 0 Å². The van der Waals surface area contributed by atoms with E-state index in [0.29, 0.717) is 32.4 Å². The highest BCUT2D eigenvalue weighted by molar-refractivity contribution is 14.0. The number of nitrogens with zero attached hydrogens (tertiary/aromatic N) is 3. The smallest absolute Gasteiger partial charge is 0.229 e. The lowest BCUT2D eigenvalue weighted by molar-refractivity contribution is -0.147. The highest BCUT2D eigenvalue weighted by atomic mass is 127. The van der Waals surface area contributed by atoms with Crippen molar-refractivity contribution in [3.8, 4) is 0 Å². The van der Waals surface area contributed by atoms with Gasteiger partial charge in [0.15, 0.2) is 5.96 Å². The van der Waals surface area contributed by atoms with Gasteiger partial charge in [0.1, 0.15) is 0 Å². The quantitative estimate of drug-likeness (QED) is 0.261. The van der Waals surface area contributed by atoms with Crippen molar-refractivity contribution in [1.29, 1.82) is 0 Å². The van der Waals surface area contributed by atoms with Crippen LogP contribution in [-0.4, -0.2) is 74.0 Å². The van der Waals surface area contributed by atoms with Crippen LogP contribution in [0.15, 0.2) is 4.99 Å². The first kappa shape index (κ1) is 23.1. The number of ether oxygens (including phenoxy) is 1. The summed E-state index contributed by atoms with van der Waals surface area (Å²) in [5, 5.41) is 3.29. The number of amides is 2. The molecular formula is C18H33IN4O3. The van der Waals surface area contributed by atoms with E-state index in [4.69, 9.17) is 4.74 Å². The minimum Gasteiger partial charge on any atom is -0.381 e. The molecule has 2 fully saturated rings. The highest BCUT2D eigenvalue weighted by Gasteiger charge is 2.25. The second-order valence-electron chi connectivity index (χ2n) is 6.79. The minimum atomic E-state index is -0.0654. The summed E-state index contributed by atoms with van der Waals surface area (Å²) in [6, 6.07) is 0. The lowest BCUT2D eigenvalue weighted by atomic mass is 9.96. The Morgan fingerprint density at radius 1 is 1.27 bits per heavy atom. The molecule has 2 aliphatic rings. The van der Waals surface area contributed by atoms with Crippen LogP contribution in [0.2, 0.25) is 0 Å². The van der Waals surface area contributed by atoms with Crippen molar-refractivity contribution in [2.75, 3.05) is 46.4 Å². The van der Waals surface area contributed by atoms with E-state index in [1.54, 1.807) is 0 Å². The van der Waals surface area contributed by atoms with Crippen LogP contribution in [0.3, 0.4) is 0 Å². The maximum absolute atomic E-state index is 11.8. The SMILES string of the molecule is CCNC(=NCCN1C(=O)CCCC1=O)N(C)CCC1CCOCC1.I. The van der Waals surface area contributed by atoms with Crippen LogP contribution >= 0.6 is 24.0 Å². The fraction of sp³-hybridized carbons (Fsp3) is 0.833. The fourth-order valence-corrected chi connectivity index (χ4v) is 3.29. The topological polar surface area (TPSA) is 74.2 Å². The number of aliphatic imine (C=N–C) groups is 1. The molecule has 0 atom stereocenters. The van der Waals surface area contributed by atoms with Crippen LogP contribution in [-0.2, 0) is 14.3 Å². The molecule has 7 nitrogen and oxygen atoms in total. The average molecular weight is 480 g/mol. The summed E-state index contributed by atoms with van der Waals surface area (Å²) >= 11 is 0. The summed E-state index contributed by atoms with van der Waals surface area (Å²) < 4.78 is 5.41. The number of likely N-dealkylation sites (tertiary alicyclic amines) is 1. The van der Waals surface area contributed by atoms with Crippen molar-refractivity contribution in [1.82, 2.24) is 15.1 Å². The van der Waals surface area contributed by atoms with Gasteiger partial charge >= 0.3 is 0 Å². The lowest BCUT2D eigenvalue weighted by Crippen LogP contribution is -2.43. The number of halogens is 1. The number of nitrogens with one attached hydrogen (secondary N) is 1. The van der Waals surface area contributed by atoms with Gasteiger partial charge in [0.25, 0.3) is 0 Å². The molecular weight excluding hydrogens is 447 g/mol. The van der Waals surface area contributed by atoms with Crippen LogP contribution in [0.25, 0.3) is 0 Å². The van der Waals surface area contributed by atoms with Gasteiger partial charge in [0, 0.05) is 52.7 Å². The summed E-state index contributed by atoms with van der Waals surface area (Å²) in [5.41, 5.74) is 0. The van der Waals surface area contributed by atoms with Crippen molar-refractivity contribution >= 4 is 41.8 Å². The first-order valence-electron chi connectivity index (χ1n) is 9.52. The molecule has 2 rings (SSSR count). The van der Waals surface area contributed by atoms with E-state index < -0.39 is 0 Å². The van der Waals surface area contributed by atoms with Gasteiger partial charge < -0.3 is 15.0 Å². The van der Waals surface area contributed by atoms with Crippen molar-refractivity contribution < 1.29 is 14.3 Å². The molecule has 2 heterocycles. The zero-order valence-corrected chi connectivity index (χ0v) is 18.4.